The van der Waals surface area contributed by atoms with Crippen LogP contribution in [0.2, 0.25) is 0 Å². The van der Waals surface area contributed by atoms with Crippen LogP contribution in [-0.2, 0) is 16.1 Å². The third kappa shape index (κ3) is 3.07. The quantitative estimate of drug-likeness (QED) is 0.830. The van der Waals surface area contributed by atoms with Crippen LogP contribution in [0.15, 0.2) is 54.6 Å². The van der Waals surface area contributed by atoms with Crippen molar-refractivity contribution >= 4 is 23.4 Å². The lowest BCUT2D eigenvalue weighted by Crippen LogP contribution is -2.70. The second-order valence-corrected chi connectivity index (χ2v) is 8.45. The molecule has 156 valence electrons. The van der Waals surface area contributed by atoms with Crippen molar-refractivity contribution in [2.45, 2.75) is 51.9 Å². The van der Waals surface area contributed by atoms with Crippen molar-refractivity contribution in [3.63, 3.8) is 0 Å². The van der Waals surface area contributed by atoms with Gasteiger partial charge in [0.25, 0.3) is 11.8 Å². The summed E-state index contributed by atoms with van der Waals surface area (Å²) in [5.41, 5.74) is 0.515. The van der Waals surface area contributed by atoms with Crippen LogP contribution >= 0.6 is 0 Å². The Balaban J connectivity index is 1.86. The van der Waals surface area contributed by atoms with Crippen molar-refractivity contribution in [3.05, 3.63) is 65.7 Å². The van der Waals surface area contributed by atoms with Gasteiger partial charge in [0.15, 0.2) is 0 Å². The van der Waals surface area contributed by atoms with Gasteiger partial charge in [0.05, 0.1) is 11.3 Å². The van der Waals surface area contributed by atoms with Gasteiger partial charge in [0.2, 0.25) is 11.6 Å². The molecular weight excluding hydrogens is 378 g/mol. The maximum atomic E-state index is 13.7. The number of carbonyl (C=O) groups excluding carboxylic acids is 3. The summed E-state index contributed by atoms with van der Waals surface area (Å²) in [5.74, 6) is -0.438. The van der Waals surface area contributed by atoms with Crippen molar-refractivity contribution < 1.29 is 14.4 Å². The van der Waals surface area contributed by atoms with Crippen LogP contribution in [0.5, 0.6) is 0 Å². The molecule has 3 amide bonds. The van der Waals surface area contributed by atoms with E-state index >= 15 is 0 Å². The van der Waals surface area contributed by atoms with Crippen LogP contribution in [0.3, 0.4) is 0 Å². The molecule has 0 radical (unpaired) electrons. The Bertz CT molecular complexity index is 988. The molecule has 4 rings (SSSR count). The maximum absolute atomic E-state index is 13.7. The van der Waals surface area contributed by atoms with Crippen molar-refractivity contribution in [1.29, 1.82) is 0 Å². The number of carbonyl (C=O) groups is 3. The summed E-state index contributed by atoms with van der Waals surface area (Å²) in [6, 6.07) is 16.5. The lowest BCUT2D eigenvalue weighted by molar-refractivity contribution is -0.134. The minimum Gasteiger partial charge on any atom is -0.350 e. The van der Waals surface area contributed by atoms with E-state index in [0.29, 0.717) is 11.3 Å². The summed E-state index contributed by atoms with van der Waals surface area (Å²) in [5, 5.41) is 3.07. The van der Waals surface area contributed by atoms with E-state index in [1.807, 2.05) is 51.1 Å². The van der Waals surface area contributed by atoms with E-state index in [9.17, 15) is 14.4 Å². The minimum absolute atomic E-state index is 0.0877. The van der Waals surface area contributed by atoms with Gasteiger partial charge in [-0.3, -0.25) is 19.3 Å². The van der Waals surface area contributed by atoms with E-state index in [4.69, 9.17) is 0 Å². The zero-order chi connectivity index (χ0) is 21.5. The number of fused-ring (bicyclic) bond motifs is 3. The SMILES string of the molecule is CC(C)C(C)NC(=O)C12CCC(=O)N1c1ccccc1C(=O)N2Cc1ccccc1. The van der Waals surface area contributed by atoms with Gasteiger partial charge in [-0.1, -0.05) is 56.3 Å². The summed E-state index contributed by atoms with van der Waals surface area (Å²) < 4.78 is 0. The van der Waals surface area contributed by atoms with Crippen LogP contribution in [0, 0.1) is 5.92 Å². The topological polar surface area (TPSA) is 69.7 Å². The number of nitrogens with one attached hydrogen (secondary N) is 1. The molecule has 1 N–H and O–H groups in total. The second-order valence-electron chi connectivity index (χ2n) is 8.45. The highest BCUT2D eigenvalue weighted by molar-refractivity contribution is 6.16. The number of benzene rings is 2. The third-order valence-electron chi connectivity index (χ3n) is 6.28. The Morgan fingerprint density at radius 3 is 2.40 bits per heavy atom. The molecule has 2 atom stereocenters. The van der Waals surface area contributed by atoms with Crippen LogP contribution in [0.4, 0.5) is 5.69 Å². The average Bonchev–Trinajstić information content (AvgIpc) is 3.10. The molecule has 0 saturated carbocycles. The van der Waals surface area contributed by atoms with Crippen molar-refractivity contribution in [3.8, 4) is 0 Å². The zero-order valence-electron chi connectivity index (χ0n) is 17.6. The van der Waals surface area contributed by atoms with Crippen molar-refractivity contribution in [2.75, 3.05) is 4.90 Å². The molecule has 2 heterocycles. The van der Waals surface area contributed by atoms with Crippen LogP contribution in [0.1, 0.15) is 49.5 Å². The molecule has 2 aliphatic rings. The Labute approximate surface area is 176 Å². The summed E-state index contributed by atoms with van der Waals surface area (Å²) in [6.07, 6.45) is 0.492. The number of rotatable bonds is 5. The lowest BCUT2D eigenvalue weighted by Gasteiger charge is -2.49. The van der Waals surface area contributed by atoms with E-state index in [-0.39, 0.29) is 49.1 Å². The van der Waals surface area contributed by atoms with E-state index in [2.05, 4.69) is 5.32 Å². The average molecular weight is 405 g/mol. The van der Waals surface area contributed by atoms with Gasteiger partial charge >= 0.3 is 0 Å². The van der Waals surface area contributed by atoms with Gasteiger partial charge in [-0.2, -0.15) is 0 Å². The first-order valence-corrected chi connectivity index (χ1v) is 10.4. The molecule has 2 aliphatic heterocycles. The van der Waals surface area contributed by atoms with Gasteiger partial charge in [-0.15, -0.1) is 0 Å². The van der Waals surface area contributed by atoms with Gasteiger partial charge in [0.1, 0.15) is 0 Å². The molecule has 0 aromatic heterocycles. The lowest BCUT2D eigenvalue weighted by atomic mass is 9.94. The fraction of sp³-hybridized carbons (Fsp3) is 0.375. The van der Waals surface area contributed by atoms with Gasteiger partial charge in [-0.25, -0.2) is 0 Å². The number of para-hydroxylation sites is 1. The fourth-order valence-electron chi connectivity index (χ4n) is 4.26. The number of nitrogens with zero attached hydrogens (tertiary/aromatic N) is 2. The first kappa shape index (κ1) is 20.1. The number of anilines is 1. The van der Waals surface area contributed by atoms with Crippen molar-refractivity contribution in [1.82, 2.24) is 10.2 Å². The Morgan fingerprint density at radius 1 is 1.03 bits per heavy atom. The van der Waals surface area contributed by atoms with Gasteiger partial charge in [-0.05, 0) is 30.5 Å². The highest BCUT2D eigenvalue weighted by Gasteiger charge is 2.60. The minimum atomic E-state index is -1.36. The second kappa shape index (κ2) is 7.59. The Hall–Kier alpha value is -3.15. The molecule has 6 nitrogen and oxygen atoms in total. The molecule has 2 aromatic rings. The molecule has 0 spiro atoms. The third-order valence-corrected chi connectivity index (χ3v) is 6.28. The number of hydrogen-bond acceptors (Lipinski definition) is 3. The highest BCUT2D eigenvalue weighted by Crippen LogP contribution is 2.45. The Morgan fingerprint density at radius 2 is 1.70 bits per heavy atom. The normalized spacial score (nSPS) is 21.5. The molecule has 1 fully saturated rings. The molecule has 2 unspecified atom stereocenters. The highest BCUT2D eigenvalue weighted by atomic mass is 16.2. The first-order valence-electron chi connectivity index (χ1n) is 10.4. The predicted octanol–water partition coefficient (Wildman–Crippen LogP) is 3.33. The summed E-state index contributed by atoms with van der Waals surface area (Å²) in [6.45, 7) is 6.26. The predicted molar refractivity (Wildman–Crippen MR) is 115 cm³/mol. The summed E-state index contributed by atoms with van der Waals surface area (Å²) >= 11 is 0. The largest absolute Gasteiger partial charge is 0.350 e. The molecule has 1 saturated heterocycles. The van der Waals surface area contributed by atoms with E-state index in [1.54, 1.807) is 34.1 Å². The Kier molecular flexibility index (Phi) is 5.10. The van der Waals surface area contributed by atoms with Gasteiger partial charge < -0.3 is 10.2 Å². The summed E-state index contributed by atoms with van der Waals surface area (Å²) in [4.78, 5) is 43.5. The van der Waals surface area contributed by atoms with E-state index < -0.39 is 5.66 Å². The molecule has 2 aromatic carbocycles. The fourth-order valence-corrected chi connectivity index (χ4v) is 4.26. The first-order chi connectivity index (χ1) is 14.4. The standard InChI is InChI=1S/C24H27N3O3/c1-16(2)17(3)25-23(30)24-14-13-21(28)27(24)20-12-8-7-11-19(20)22(29)26(24)15-18-9-5-4-6-10-18/h4-12,16-17H,13-15H2,1-3H3,(H,25,30). The number of amides is 3. The van der Waals surface area contributed by atoms with Gasteiger partial charge in [0, 0.05) is 25.4 Å². The summed E-state index contributed by atoms with van der Waals surface area (Å²) in [7, 11) is 0. The van der Waals surface area contributed by atoms with Crippen LogP contribution < -0.4 is 10.2 Å². The van der Waals surface area contributed by atoms with Crippen molar-refractivity contribution in [2.24, 2.45) is 5.92 Å². The van der Waals surface area contributed by atoms with E-state index in [1.165, 1.54) is 0 Å². The smallest absolute Gasteiger partial charge is 0.267 e. The molecule has 30 heavy (non-hydrogen) atoms. The molecule has 0 aliphatic carbocycles. The molecular formula is C24H27N3O3. The monoisotopic (exact) mass is 405 g/mol. The number of hydrogen-bond donors (Lipinski definition) is 1. The van der Waals surface area contributed by atoms with Crippen LogP contribution in [-0.4, -0.2) is 34.3 Å². The van der Waals surface area contributed by atoms with Crippen LogP contribution in [0.25, 0.3) is 0 Å². The molecule has 0 bridgehead atoms. The van der Waals surface area contributed by atoms with E-state index in [0.717, 1.165) is 5.56 Å². The zero-order valence-corrected chi connectivity index (χ0v) is 17.6. The maximum Gasteiger partial charge on any atom is 0.267 e. The molecule has 6 heteroatoms.